The van der Waals surface area contributed by atoms with E-state index < -0.39 is 35.3 Å². The number of halogens is 5. The molecule has 1 fully saturated rings. The van der Waals surface area contributed by atoms with Crippen LogP contribution < -0.4 is 4.74 Å². The van der Waals surface area contributed by atoms with Gasteiger partial charge in [-0.05, 0) is 61.4 Å². The molecular formula is C21H18Br2F3NO3. The fourth-order valence-electron chi connectivity index (χ4n) is 3.30. The number of esters is 1. The monoisotopic (exact) mass is 547 g/mol. The van der Waals surface area contributed by atoms with E-state index in [9.17, 15) is 18.0 Å². The first-order chi connectivity index (χ1) is 14.0. The molecule has 4 nitrogen and oxygen atoms in total. The lowest BCUT2D eigenvalue weighted by molar-refractivity contribution is -0.226. The molecule has 3 rings (SSSR count). The van der Waals surface area contributed by atoms with Crippen molar-refractivity contribution in [2.45, 2.75) is 26.1 Å². The van der Waals surface area contributed by atoms with Crippen LogP contribution >= 0.6 is 31.9 Å². The summed E-state index contributed by atoms with van der Waals surface area (Å²) in [7, 11) is 0. The average Bonchev–Trinajstić information content (AvgIpc) is 3.19. The Balaban J connectivity index is 1.81. The van der Waals surface area contributed by atoms with Crippen LogP contribution in [-0.4, -0.2) is 17.1 Å². The van der Waals surface area contributed by atoms with Crippen molar-refractivity contribution in [3.05, 3.63) is 63.7 Å². The van der Waals surface area contributed by atoms with Crippen molar-refractivity contribution in [3.8, 4) is 11.6 Å². The highest BCUT2D eigenvalue weighted by Gasteiger charge is 2.62. The zero-order chi connectivity index (χ0) is 22.1. The standard InChI is InChI=1S/C21H18Br2F3NO3/c1-20(2)13(11-15(22)23)17(20)19(28)30-18(21(24,25)26)14-9-6-10-16(27-14)29-12-7-4-3-5-8-12/h3-11,13,17-18H,1-2H3/t13-,17-,18?/m1/s1. The number of carbonyl (C=O) groups is 1. The highest BCUT2D eigenvalue weighted by molar-refractivity contribution is 9.28. The van der Waals surface area contributed by atoms with E-state index in [0.29, 0.717) is 9.14 Å². The van der Waals surface area contributed by atoms with E-state index in [2.05, 4.69) is 36.8 Å². The van der Waals surface area contributed by atoms with Gasteiger partial charge in [0, 0.05) is 6.07 Å². The lowest BCUT2D eigenvalue weighted by Gasteiger charge is -2.21. The highest BCUT2D eigenvalue weighted by Crippen LogP contribution is 2.60. The Kier molecular flexibility index (Phi) is 6.62. The van der Waals surface area contributed by atoms with Gasteiger partial charge in [0.15, 0.2) is 0 Å². The zero-order valence-electron chi connectivity index (χ0n) is 16.0. The predicted octanol–water partition coefficient (Wildman–Crippen LogP) is 6.92. The van der Waals surface area contributed by atoms with E-state index >= 15 is 0 Å². The Morgan fingerprint density at radius 1 is 1.13 bits per heavy atom. The smallest absolute Gasteiger partial charge is 0.431 e. The molecule has 1 aromatic carbocycles. The van der Waals surface area contributed by atoms with Crippen LogP contribution in [-0.2, 0) is 9.53 Å². The zero-order valence-corrected chi connectivity index (χ0v) is 19.2. The van der Waals surface area contributed by atoms with Crippen molar-refractivity contribution in [2.24, 2.45) is 17.3 Å². The Labute approximate surface area is 188 Å². The van der Waals surface area contributed by atoms with Crippen molar-refractivity contribution < 1.29 is 27.4 Å². The third-order valence-electron chi connectivity index (χ3n) is 4.98. The summed E-state index contributed by atoms with van der Waals surface area (Å²) in [5.41, 5.74) is -0.956. The van der Waals surface area contributed by atoms with Gasteiger partial charge in [0.25, 0.3) is 0 Å². The van der Waals surface area contributed by atoms with Gasteiger partial charge in [-0.1, -0.05) is 44.2 Å². The molecule has 9 heteroatoms. The largest absolute Gasteiger partial charge is 0.446 e. The summed E-state index contributed by atoms with van der Waals surface area (Å²) >= 11 is 6.44. The second-order valence-corrected chi connectivity index (χ2v) is 10.2. The second kappa shape index (κ2) is 8.70. The molecule has 2 aromatic rings. The summed E-state index contributed by atoms with van der Waals surface area (Å²) in [5.74, 6) is -1.44. The van der Waals surface area contributed by atoms with E-state index in [-0.39, 0.29) is 11.8 Å². The number of pyridine rings is 1. The van der Waals surface area contributed by atoms with Crippen LogP contribution in [0.1, 0.15) is 25.6 Å². The molecular weight excluding hydrogens is 531 g/mol. The van der Waals surface area contributed by atoms with Crippen LogP contribution in [0, 0.1) is 17.3 Å². The minimum Gasteiger partial charge on any atom is -0.446 e. The minimum absolute atomic E-state index is 0.0280. The number of benzene rings is 1. The van der Waals surface area contributed by atoms with Crippen LogP contribution in [0.2, 0.25) is 0 Å². The molecule has 3 atom stereocenters. The van der Waals surface area contributed by atoms with E-state index in [1.54, 1.807) is 50.3 Å². The van der Waals surface area contributed by atoms with Crippen LogP contribution in [0.4, 0.5) is 13.2 Å². The number of para-hydroxylation sites is 1. The number of nitrogens with zero attached hydrogens (tertiary/aromatic N) is 1. The van der Waals surface area contributed by atoms with Crippen LogP contribution in [0.3, 0.4) is 0 Å². The Morgan fingerprint density at radius 3 is 2.40 bits per heavy atom. The molecule has 0 aliphatic heterocycles. The third kappa shape index (κ3) is 5.24. The van der Waals surface area contributed by atoms with Crippen LogP contribution in [0.5, 0.6) is 11.6 Å². The van der Waals surface area contributed by atoms with Crippen molar-refractivity contribution >= 4 is 37.8 Å². The summed E-state index contributed by atoms with van der Waals surface area (Å²) < 4.78 is 52.2. The molecule has 1 aliphatic carbocycles. The first-order valence-electron chi connectivity index (χ1n) is 9.00. The molecule has 1 saturated carbocycles. The van der Waals surface area contributed by atoms with Crippen LogP contribution in [0.25, 0.3) is 0 Å². The van der Waals surface area contributed by atoms with E-state index in [1.165, 1.54) is 12.1 Å². The average molecular weight is 549 g/mol. The van der Waals surface area contributed by atoms with Gasteiger partial charge >= 0.3 is 12.1 Å². The lowest BCUT2D eigenvalue weighted by Crippen LogP contribution is -2.28. The molecule has 0 bridgehead atoms. The summed E-state index contributed by atoms with van der Waals surface area (Å²) in [6.07, 6.45) is -5.58. The number of rotatable bonds is 6. The molecule has 1 heterocycles. The topological polar surface area (TPSA) is 48.4 Å². The molecule has 0 spiro atoms. The van der Waals surface area contributed by atoms with Gasteiger partial charge in [0.2, 0.25) is 12.0 Å². The molecule has 160 valence electrons. The normalized spacial score (nSPS) is 20.8. The lowest BCUT2D eigenvalue weighted by atomic mass is 10.1. The van der Waals surface area contributed by atoms with Crippen LogP contribution in [0.15, 0.2) is 58.0 Å². The van der Waals surface area contributed by atoms with Gasteiger partial charge < -0.3 is 9.47 Å². The summed E-state index contributed by atoms with van der Waals surface area (Å²) in [6, 6.07) is 12.5. The van der Waals surface area contributed by atoms with Crippen molar-refractivity contribution in [1.82, 2.24) is 4.98 Å². The van der Waals surface area contributed by atoms with Gasteiger partial charge in [-0.25, -0.2) is 4.98 Å². The molecule has 0 amide bonds. The maximum atomic E-state index is 13.7. The molecule has 0 radical (unpaired) electrons. The maximum Gasteiger partial charge on any atom is 0.431 e. The predicted molar refractivity (Wildman–Crippen MR) is 112 cm³/mol. The quantitative estimate of drug-likeness (QED) is 0.367. The first-order valence-corrected chi connectivity index (χ1v) is 10.6. The number of carbonyl (C=O) groups excluding carboxylic acids is 1. The van der Waals surface area contributed by atoms with E-state index in [0.717, 1.165) is 6.07 Å². The molecule has 30 heavy (non-hydrogen) atoms. The van der Waals surface area contributed by atoms with E-state index in [1.807, 2.05) is 0 Å². The first kappa shape index (κ1) is 22.8. The number of alkyl halides is 3. The fraction of sp³-hybridized carbons (Fsp3) is 0.333. The fourth-order valence-corrected chi connectivity index (χ4v) is 3.87. The van der Waals surface area contributed by atoms with E-state index in [4.69, 9.17) is 9.47 Å². The molecule has 0 saturated heterocycles. The Bertz CT molecular complexity index is 944. The number of aromatic nitrogens is 1. The molecule has 0 N–H and O–H groups in total. The van der Waals surface area contributed by atoms with Gasteiger partial charge in [-0.2, -0.15) is 13.2 Å². The van der Waals surface area contributed by atoms with Crippen molar-refractivity contribution in [3.63, 3.8) is 0 Å². The third-order valence-corrected chi connectivity index (χ3v) is 5.51. The number of hydrogen-bond acceptors (Lipinski definition) is 4. The summed E-state index contributed by atoms with van der Waals surface area (Å²) in [4.78, 5) is 16.5. The van der Waals surface area contributed by atoms with Crippen molar-refractivity contribution in [1.29, 1.82) is 0 Å². The SMILES string of the molecule is CC1(C)[C@H](C=C(Br)Br)[C@@H]1C(=O)OC(c1cccc(Oc2ccccc2)n1)C(F)(F)F. The number of hydrogen-bond donors (Lipinski definition) is 0. The minimum atomic E-state index is -4.82. The second-order valence-electron chi connectivity index (χ2n) is 7.46. The Morgan fingerprint density at radius 2 is 1.80 bits per heavy atom. The number of allylic oxidation sites excluding steroid dienone is 1. The number of ether oxygens (including phenoxy) is 2. The van der Waals surface area contributed by atoms with Gasteiger partial charge in [-0.15, -0.1) is 0 Å². The summed E-state index contributed by atoms with van der Waals surface area (Å²) in [5, 5.41) is 0. The maximum absolute atomic E-state index is 13.7. The van der Waals surface area contributed by atoms with Gasteiger partial charge in [0.1, 0.15) is 5.75 Å². The van der Waals surface area contributed by atoms with Gasteiger partial charge in [-0.3, -0.25) is 4.79 Å². The Hall–Kier alpha value is -1.87. The highest BCUT2D eigenvalue weighted by atomic mass is 79.9. The summed E-state index contributed by atoms with van der Waals surface area (Å²) in [6.45, 7) is 3.61. The molecule has 1 unspecified atom stereocenters. The molecule has 1 aromatic heterocycles. The van der Waals surface area contributed by atoms with Crippen molar-refractivity contribution in [2.75, 3.05) is 0 Å². The molecule has 1 aliphatic rings. The van der Waals surface area contributed by atoms with Gasteiger partial charge in [0.05, 0.1) is 15.0 Å².